The molecule has 0 spiro atoms. The zero-order valence-electron chi connectivity index (χ0n) is 14.7. The van der Waals surface area contributed by atoms with Crippen molar-refractivity contribution in [3.05, 3.63) is 71.6 Å². The summed E-state index contributed by atoms with van der Waals surface area (Å²) in [6.45, 7) is 0. The fraction of sp³-hybridized carbons (Fsp3) is 0.211. The maximum atomic E-state index is 13.2. The fourth-order valence-electron chi connectivity index (χ4n) is 2.85. The quantitative estimate of drug-likeness (QED) is 0.628. The van der Waals surface area contributed by atoms with E-state index in [1.165, 1.54) is 12.1 Å². The SMILES string of the molecule is CS(=O)(=O)c1ccc(C2=CC(C(F)(F)F)C=C2c2ccc(C(F)(F)F)cc2)nc1. The Labute approximate surface area is 162 Å². The van der Waals surface area contributed by atoms with Crippen LogP contribution in [0.2, 0.25) is 0 Å². The second-order valence-electron chi connectivity index (χ2n) is 6.45. The Hall–Kier alpha value is -2.62. The largest absolute Gasteiger partial charge is 0.416 e. The topological polar surface area (TPSA) is 47.0 Å². The van der Waals surface area contributed by atoms with E-state index in [0.717, 1.165) is 48.9 Å². The fourth-order valence-corrected chi connectivity index (χ4v) is 3.41. The lowest BCUT2D eigenvalue weighted by Crippen LogP contribution is -2.17. The van der Waals surface area contributed by atoms with Gasteiger partial charge < -0.3 is 0 Å². The first-order valence-electron chi connectivity index (χ1n) is 8.11. The van der Waals surface area contributed by atoms with E-state index < -0.39 is 33.7 Å². The first-order valence-corrected chi connectivity index (χ1v) is 10.0. The summed E-state index contributed by atoms with van der Waals surface area (Å²) in [5.74, 6) is -1.94. The summed E-state index contributed by atoms with van der Waals surface area (Å²) < 4.78 is 101. The van der Waals surface area contributed by atoms with Crippen LogP contribution >= 0.6 is 0 Å². The number of alkyl halides is 6. The van der Waals surface area contributed by atoms with Crippen molar-refractivity contribution < 1.29 is 34.8 Å². The minimum absolute atomic E-state index is 0.0622. The zero-order chi connectivity index (χ0) is 21.6. The van der Waals surface area contributed by atoms with Crippen molar-refractivity contribution in [3.8, 4) is 0 Å². The minimum atomic E-state index is -4.59. The molecule has 2 aromatic rings. The summed E-state index contributed by atoms with van der Waals surface area (Å²) in [4.78, 5) is 3.84. The highest BCUT2D eigenvalue weighted by molar-refractivity contribution is 7.90. The van der Waals surface area contributed by atoms with E-state index in [-0.39, 0.29) is 27.3 Å². The lowest BCUT2D eigenvalue weighted by molar-refractivity contribution is -0.148. The highest BCUT2D eigenvalue weighted by Gasteiger charge is 2.40. The average Bonchev–Trinajstić information content (AvgIpc) is 3.06. The molecule has 1 aromatic heterocycles. The van der Waals surface area contributed by atoms with Crippen molar-refractivity contribution in [2.24, 2.45) is 5.92 Å². The molecule has 1 aromatic carbocycles. The Morgan fingerprint density at radius 3 is 1.90 bits per heavy atom. The molecule has 1 aliphatic rings. The Bertz CT molecular complexity index is 1080. The van der Waals surface area contributed by atoms with Gasteiger partial charge in [0.25, 0.3) is 0 Å². The molecule has 1 aliphatic carbocycles. The van der Waals surface area contributed by atoms with E-state index in [9.17, 15) is 34.8 Å². The standard InChI is InChI=1S/C19H13F6NO2S/c1-29(27,28)14-6-7-17(26-10-14)16-9-13(19(23,24)25)8-15(16)11-2-4-12(5-3-11)18(20,21)22/h2-10,13H,1H3. The van der Waals surface area contributed by atoms with E-state index in [0.29, 0.717) is 0 Å². The Morgan fingerprint density at radius 2 is 1.45 bits per heavy atom. The lowest BCUT2D eigenvalue weighted by Gasteiger charge is -2.11. The van der Waals surface area contributed by atoms with Gasteiger partial charge in [-0.05, 0) is 35.4 Å². The first kappa shape index (κ1) is 21.1. The molecule has 0 radical (unpaired) electrons. The van der Waals surface area contributed by atoms with E-state index >= 15 is 0 Å². The monoisotopic (exact) mass is 433 g/mol. The van der Waals surface area contributed by atoms with E-state index in [1.807, 2.05) is 0 Å². The summed E-state index contributed by atoms with van der Waals surface area (Å²) in [6, 6.07) is 6.23. The van der Waals surface area contributed by atoms with Gasteiger partial charge in [0.1, 0.15) is 0 Å². The molecular weight excluding hydrogens is 420 g/mol. The summed E-state index contributed by atoms with van der Waals surface area (Å²) in [5, 5.41) is 0. The summed E-state index contributed by atoms with van der Waals surface area (Å²) in [7, 11) is -3.54. The number of hydrogen-bond donors (Lipinski definition) is 0. The number of sulfone groups is 1. The van der Waals surface area contributed by atoms with Crippen LogP contribution in [0.25, 0.3) is 11.1 Å². The van der Waals surface area contributed by atoms with Crippen LogP contribution in [0.5, 0.6) is 0 Å². The molecule has 0 amide bonds. The number of pyridine rings is 1. The number of allylic oxidation sites excluding steroid dienone is 4. The maximum absolute atomic E-state index is 13.2. The molecule has 0 aliphatic heterocycles. The minimum Gasteiger partial charge on any atom is -0.255 e. The highest BCUT2D eigenvalue weighted by atomic mass is 32.2. The summed E-state index contributed by atoms with van der Waals surface area (Å²) in [5.41, 5.74) is -0.554. The predicted molar refractivity (Wildman–Crippen MR) is 94.3 cm³/mol. The molecular formula is C19H13F6NO2S. The highest BCUT2D eigenvalue weighted by Crippen LogP contribution is 2.44. The van der Waals surface area contributed by atoms with Crippen molar-refractivity contribution in [2.75, 3.05) is 6.26 Å². The molecule has 3 nitrogen and oxygen atoms in total. The number of aromatic nitrogens is 1. The molecule has 154 valence electrons. The van der Waals surface area contributed by atoms with Gasteiger partial charge in [-0.25, -0.2) is 8.42 Å². The van der Waals surface area contributed by atoms with Crippen LogP contribution < -0.4 is 0 Å². The lowest BCUT2D eigenvalue weighted by atomic mass is 9.97. The molecule has 0 fully saturated rings. The van der Waals surface area contributed by atoms with Crippen LogP contribution in [-0.2, 0) is 16.0 Å². The number of halogens is 6. The van der Waals surface area contributed by atoms with Crippen LogP contribution in [0.4, 0.5) is 26.3 Å². The Balaban J connectivity index is 2.05. The van der Waals surface area contributed by atoms with E-state index in [2.05, 4.69) is 4.98 Å². The third-order valence-electron chi connectivity index (χ3n) is 4.32. The van der Waals surface area contributed by atoms with Gasteiger partial charge in [-0.2, -0.15) is 26.3 Å². The predicted octanol–water partition coefficient (Wildman–Crippen LogP) is 5.16. The second-order valence-corrected chi connectivity index (χ2v) is 8.47. The molecule has 0 bridgehead atoms. The number of rotatable bonds is 3. The molecule has 3 rings (SSSR count). The van der Waals surface area contributed by atoms with E-state index in [1.54, 1.807) is 0 Å². The van der Waals surface area contributed by atoms with Gasteiger partial charge in [0, 0.05) is 18.0 Å². The van der Waals surface area contributed by atoms with Gasteiger partial charge >= 0.3 is 12.4 Å². The van der Waals surface area contributed by atoms with Crippen LogP contribution in [0.3, 0.4) is 0 Å². The third-order valence-corrected chi connectivity index (χ3v) is 5.42. The van der Waals surface area contributed by atoms with Gasteiger partial charge in [-0.3, -0.25) is 4.98 Å². The van der Waals surface area contributed by atoms with Crippen LogP contribution in [0.15, 0.2) is 59.6 Å². The summed E-state index contributed by atoms with van der Waals surface area (Å²) in [6.07, 6.45) is -5.35. The zero-order valence-corrected chi connectivity index (χ0v) is 15.5. The van der Waals surface area contributed by atoms with Gasteiger partial charge in [-0.1, -0.05) is 24.3 Å². The molecule has 0 N–H and O–H groups in total. The van der Waals surface area contributed by atoms with Gasteiger partial charge in [0.2, 0.25) is 0 Å². The maximum Gasteiger partial charge on any atom is 0.416 e. The first-order chi connectivity index (χ1) is 13.3. The second kappa shape index (κ2) is 7.01. The number of hydrogen-bond acceptors (Lipinski definition) is 3. The van der Waals surface area contributed by atoms with Crippen molar-refractivity contribution in [1.82, 2.24) is 4.98 Å². The Morgan fingerprint density at radius 1 is 0.862 bits per heavy atom. The molecule has 29 heavy (non-hydrogen) atoms. The summed E-state index contributed by atoms with van der Waals surface area (Å²) >= 11 is 0. The normalized spacial score (nSPS) is 17.8. The molecule has 1 atom stereocenters. The Kier molecular flexibility index (Phi) is 5.10. The van der Waals surface area contributed by atoms with Gasteiger partial charge in [0.15, 0.2) is 9.84 Å². The molecule has 1 heterocycles. The van der Waals surface area contributed by atoms with Gasteiger partial charge in [0.05, 0.1) is 22.1 Å². The van der Waals surface area contributed by atoms with Crippen LogP contribution in [0, 0.1) is 5.92 Å². The molecule has 0 saturated heterocycles. The molecule has 10 heteroatoms. The number of benzene rings is 1. The molecule has 1 unspecified atom stereocenters. The van der Waals surface area contributed by atoms with Crippen molar-refractivity contribution >= 4 is 21.0 Å². The van der Waals surface area contributed by atoms with Crippen molar-refractivity contribution in [1.29, 1.82) is 0 Å². The average molecular weight is 433 g/mol. The van der Waals surface area contributed by atoms with Crippen LogP contribution in [0.1, 0.15) is 16.8 Å². The van der Waals surface area contributed by atoms with Crippen molar-refractivity contribution in [3.63, 3.8) is 0 Å². The third kappa shape index (κ3) is 4.52. The van der Waals surface area contributed by atoms with Gasteiger partial charge in [-0.15, -0.1) is 0 Å². The van der Waals surface area contributed by atoms with Crippen LogP contribution in [-0.4, -0.2) is 25.8 Å². The number of nitrogens with zero attached hydrogens (tertiary/aromatic N) is 1. The van der Waals surface area contributed by atoms with Crippen molar-refractivity contribution in [2.45, 2.75) is 17.2 Å². The molecule has 0 saturated carbocycles. The van der Waals surface area contributed by atoms with E-state index in [4.69, 9.17) is 0 Å². The smallest absolute Gasteiger partial charge is 0.255 e.